The third-order valence-corrected chi connectivity index (χ3v) is 9.35. The lowest BCUT2D eigenvalue weighted by molar-refractivity contribution is -0.286. The van der Waals surface area contributed by atoms with Crippen LogP contribution in [0.5, 0.6) is 11.5 Å². The smallest absolute Gasteiger partial charge is 0.395 e. The first-order chi connectivity index (χ1) is 21.4. The first-order valence-electron chi connectivity index (χ1n) is 15.9. The van der Waals surface area contributed by atoms with Crippen molar-refractivity contribution in [3.63, 3.8) is 0 Å². The van der Waals surface area contributed by atoms with Gasteiger partial charge in [0.15, 0.2) is 11.5 Å². The second-order valence-electron chi connectivity index (χ2n) is 15.0. The predicted octanol–water partition coefficient (Wildman–Crippen LogP) is 6.81. The average molecular weight is 638 g/mol. The molecule has 0 radical (unpaired) electrons. The maximum atomic E-state index is 14.6. The van der Waals surface area contributed by atoms with E-state index in [1.165, 1.54) is 12.1 Å². The Morgan fingerprint density at radius 3 is 2.28 bits per heavy atom. The standard InChI is InChI=1S/C35H45F2N5O4/c1-32(2,3)16-15-25(21-7-9-22(10-8-21)30(43)40-20-28(38)39)42-31(44)29(23-11-12-26-27(19-23)46-35(36,37)45-26)41-34(42)17-13-24(14-18-34)33(4,5)6/h7-12,19,24-25H,13-18,20H2,1-6H3,(H3,38,39)(H,40,43)/t24?,25-,34?/m1/s1. The summed E-state index contributed by atoms with van der Waals surface area (Å²) in [6.07, 6.45) is 0.823. The van der Waals surface area contributed by atoms with Crippen LogP contribution in [-0.2, 0) is 4.79 Å². The normalized spacial score (nSPS) is 23.0. The van der Waals surface area contributed by atoms with Crippen molar-refractivity contribution in [3.05, 3.63) is 59.2 Å². The number of nitrogens with one attached hydrogen (secondary N) is 2. The second kappa shape index (κ2) is 12.0. The van der Waals surface area contributed by atoms with E-state index in [2.05, 4.69) is 51.6 Å². The maximum absolute atomic E-state index is 14.6. The van der Waals surface area contributed by atoms with Crippen molar-refractivity contribution in [2.75, 3.05) is 6.54 Å². The summed E-state index contributed by atoms with van der Waals surface area (Å²) in [5, 5.41) is 10.0. The highest BCUT2D eigenvalue weighted by Gasteiger charge is 2.53. The number of ether oxygens (including phenoxy) is 2. The van der Waals surface area contributed by atoms with Crippen molar-refractivity contribution in [1.29, 1.82) is 5.41 Å². The van der Waals surface area contributed by atoms with Gasteiger partial charge in [0.25, 0.3) is 11.8 Å². The molecule has 11 heteroatoms. The minimum absolute atomic E-state index is 0.0170. The predicted molar refractivity (Wildman–Crippen MR) is 172 cm³/mol. The molecule has 1 fully saturated rings. The van der Waals surface area contributed by atoms with Crippen LogP contribution in [0.3, 0.4) is 0 Å². The molecule has 1 atom stereocenters. The second-order valence-corrected chi connectivity index (χ2v) is 15.0. The lowest BCUT2D eigenvalue weighted by atomic mass is 9.69. The number of nitrogens with zero attached hydrogens (tertiary/aromatic N) is 2. The van der Waals surface area contributed by atoms with E-state index in [4.69, 9.17) is 20.9 Å². The summed E-state index contributed by atoms with van der Waals surface area (Å²) < 4.78 is 37.0. The Bertz CT molecular complexity index is 1530. The van der Waals surface area contributed by atoms with E-state index in [1.807, 2.05) is 17.0 Å². The molecule has 2 amide bonds. The van der Waals surface area contributed by atoms with Crippen molar-refractivity contribution in [2.45, 2.75) is 98.1 Å². The molecule has 0 bridgehead atoms. The Kier molecular flexibility index (Phi) is 8.68. The number of hydrogen-bond acceptors (Lipinski definition) is 6. The lowest BCUT2D eigenvalue weighted by Gasteiger charge is -2.47. The van der Waals surface area contributed by atoms with E-state index < -0.39 is 12.0 Å². The summed E-state index contributed by atoms with van der Waals surface area (Å²) >= 11 is 0. The average Bonchev–Trinajstić information content (AvgIpc) is 3.42. The number of carbonyl (C=O) groups excluding carboxylic acids is 2. The van der Waals surface area contributed by atoms with Crippen LogP contribution in [0.4, 0.5) is 8.78 Å². The molecule has 1 saturated carbocycles. The Balaban J connectivity index is 1.54. The zero-order valence-corrected chi connectivity index (χ0v) is 27.5. The highest BCUT2D eigenvalue weighted by molar-refractivity contribution is 6.47. The summed E-state index contributed by atoms with van der Waals surface area (Å²) in [7, 11) is 0. The van der Waals surface area contributed by atoms with Gasteiger partial charge in [0.1, 0.15) is 17.2 Å². The number of alkyl halides is 2. The van der Waals surface area contributed by atoms with E-state index in [-0.39, 0.29) is 58.3 Å². The Labute approximate surface area is 269 Å². The zero-order valence-electron chi connectivity index (χ0n) is 27.5. The molecule has 1 spiro atoms. The van der Waals surface area contributed by atoms with Gasteiger partial charge in [-0.05, 0) is 91.2 Å². The molecule has 0 unspecified atom stereocenters. The number of hydrogen-bond donors (Lipinski definition) is 3. The third kappa shape index (κ3) is 7.03. The van der Waals surface area contributed by atoms with Crippen LogP contribution in [0.1, 0.15) is 108 Å². The minimum Gasteiger partial charge on any atom is -0.395 e. The van der Waals surface area contributed by atoms with Gasteiger partial charge in [-0.2, -0.15) is 0 Å². The minimum atomic E-state index is -3.77. The van der Waals surface area contributed by atoms with Crippen molar-refractivity contribution >= 4 is 23.4 Å². The first-order valence-corrected chi connectivity index (χ1v) is 15.9. The van der Waals surface area contributed by atoms with E-state index in [0.717, 1.165) is 24.8 Å². The molecule has 5 rings (SSSR count). The Morgan fingerprint density at radius 2 is 1.70 bits per heavy atom. The van der Waals surface area contributed by atoms with Crippen LogP contribution in [0.15, 0.2) is 47.5 Å². The summed E-state index contributed by atoms with van der Waals surface area (Å²) in [4.78, 5) is 34.4. The van der Waals surface area contributed by atoms with Crippen LogP contribution < -0.4 is 20.5 Å². The summed E-state index contributed by atoms with van der Waals surface area (Å²) in [5.41, 5.74) is 6.59. The topological polar surface area (TPSA) is 130 Å². The monoisotopic (exact) mass is 637 g/mol. The number of amides is 2. The zero-order chi connectivity index (χ0) is 33.7. The van der Waals surface area contributed by atoms with E-state index >= 15 is 0 Å². The summed E-state index contributed by atoms with van der Waals surface area (Å²) in [6.45, 7) is 13.2. The molecule has 4 N–H and O–H groups in total. The van der Waals surface area contributed by atoms with Crippen molar-refractivity contribution in [1.82, 2.24) is 10.2 Å². The first kappa shape index (κ1) is 33.3. The van der Waals surface area contributed by atoms with Crippen LogP contribution >= 0.6 is 0 Å². The van der Waals surface area contributed by atoms with Crippen molar-refractivity contribution < 1.29 is 27.8 Å². The van der Waals surface area contributed by atoms with Crippen LogP contribution in [0, 0.1) is 22.2 Å². The van der Waals surface area contributed by atoms with Crippen LogP contribution in [0.2, 0.25) is 0 Å². The number of aliphatic imine (C=N–C) groups is 1. The van der Waals surface area contributed by atoms with Crippen LogP contribution in [0.25, 0.3) is 0 Å². The van der Waals surface area contributed by atoms with Crippen LogP contribution in [-0.4, -0.2) is 46.8 Å². The quantitative estimate of drug-likeness (QED) is 0.216. The van der Waals surface area contributed by atoms with E-state index in [9.17, 15) is 18.4 Å². The van der Waals surface area contributed by atoms with Gasteiger partial charge in [0.05, 0.1) is 12.6 Å². The van der Waals surface area contributed by atoms with Gasteiger partial charge in [-0.1, -0.05) is 53.7 Å². The molecule has 1 aliphatic carbocycles. The maximum Gasteiger partial charge on any atom is 0.586 e. The summed E-state index contributed by atoms with van der Waals surface area (Å²) in [5.74, 6) is -0.512. The van der Waals surface area contributed by atoms with Gasteiger partial charge >= 0.3 is 6.29 Å². The van der Waals surface area contributed by atoms with Crippen molar-refractivity contribution in [2.24, 2.45) is 27.5 Å². The molecule has 248 valence electrons. The van der Waals surface area contributed by atoms with Gasteiger partial charge in [0, 0.05) is 11.1 Å². The SMILES string of the molecule is CC(C)(C)CC[C@H](c1ccc(C(=O)NCC(=N)N)cc1)N1C(=O)C(c2ccc3c(c2)OC(F)(F)O3)=NC12CCC(C(C)(C)C)CC2. The van der Waals surface area contributed by atoms with Crippen molar-refractivity contribution in [3.8, 4) is 11.5 Å². The number of amidine groups is 1. The number of rotatable bonds is 8. The molecule has 9 nitrogen and oxygen atoms in total. The molecule has 0 saturated heterocycles. The molecule has 3 aliphatic rings. The number of nitrogens with two attached hydrogens (primary N) is 1. The Morgan fingerprint density at radius 1 is 1.07 bits per heavy atom. The fourth-order valence-electron chi connectivity index (χ4n) is 6.78. The summed E-state index contributed by atoms with van der Waals surface area (Å²) in [6, 6.07) is 11.2. The number of benzene rings is 2. The van der Waals surface area contributed by atoms with Gasteiger partial charge < -0.3 is 25.4 Å². The third-order valence-electron chi connectivity index (χ3n) is 9.35. The molecular formula is C35H45F2N5O4. The molecule has 2 aliphatic heterocycles. The number of carbonyl (C=O) groups is 2. The number of fused-ring (bicyclic) bond motifs is 1. The van der Waals surface area contributed by atoms with Gasteiger partial charge in [-0.25, -0.2) is 0 Å². The molecular weight excluding hydrogens is 592 g/mol. The highest BCUT2D eigenvalue weighted by Crippen LogP contribution is 2.51. The molecule has 2 aromatic rings. The largest absolute Gasteiger partial charge is 0.586 e. The highest BCUT2D eigenvalue weighted by atomic mass is 19.3. The Hall–Kier alpha value is -4.02. The van der Waals surface area contributed by atoms with E-state index in [0.29, 0.717) is 36.3 Å². The molecule has 2 aromatic carbocycles. The molecule has 0 aromatic heterocycles. The fourth-order valence-corrected chi connectivity index (χ4v) is 6.78. The van der Waals surface area contributed by atoms with Gasteiger partial charge in [-0.3, -0.25) is 20.0 Å². The lowest BCUT2D eigenvalue weighted by Crippen LogP contribution is -2.51. The molecule has 2 heterocycles. The van der Waals surface area contributed by atoms with E-state index in [1.54, 1.807) is 18.2 Å². The van der Waals surface area contributed by atoms with Gasteiger partial charge in [-0.15, -0.1) is 8.78 Å². The van der Waals surface area contributed by atoms with Gasteiger partial charge in [0.2, 0.25) is 0 Å². The number of halogens is 2. The molecule has 46 heavy (non-hydrogen) atoms. The fraction of sp³-hybridized carbons (Fsp3) is 0.543.